The van der Waals surface area contributed by atoms with Crippen molar-refractivity contribution < 1.29 is 4.79 Å². The average Bonchev–Trinajstić information content (AvgIpc) is 2.85. The standard InChI is InChI=1S/C17H26N2O/c1-3-13-7-9-14(10-8-13)12-19(2)17(20)11-15-5-4-6-16(15)18/h7-10,15-16H,3-6,11-12,18H2,1-2H3/t15-,16+/m0/s1. The third kappa shape index (κ3) is 3.83. The summed E-state index contributed by atoms with van der Waals surface area (Å²) >= 11 is 0. The number of rotatable bonds is 5. The van der Waals surface area contributed by atoms with Gasteiger partial charge in [-0.3, -0.25) is 4.79 Å². The molecule has 1 aliphatic carbocycles. The molecule has 0 radical (unpaired) electrons. The van der Waals surface area contributed by atoms with E-state index in [-0.39, 0.29) is 11.9 Å². The maximum Gasteiger partial charge on any atom is 0.222 e. The van der Waals surface area contributed by atoms with Crippen molar-refractivity contribution in [3.63, 3.8) is 0 Å². The molecular formula is C17H26N2O. The molecule has 2 N–H and O–H groups in total. The van der Waals surface area contributed by atoms with Crippen LogP contribution in [-0.4, -0.2) is 23.9 Å². The summed E-state index contributed by atoms with van der Waals surface area (Å²) in [4.78, 5) is 14.1. The molecule has 0 aromatic heterocycles. The van der Waals surface area contributed by atoms with E-state index in [0.717, 1.165) is 19.3 Å². The highest BCUT2D eigenvalue weighted by Gasteiger charge is 2.27. The van der Waals surface area contributed by atoms with Gasteiger partial charge in [-0.1, -0.05) is 37.6 Å². The molecule has 1 aromatic carbocycles. The molecule has 1 amide bonds. The summed E-state index contributed by atoms with van der Waals surface area (Å²) in [5, 5.41) is 0. The zero-order valence-electron chi connectivity index (χ0n) is 12.6. The summed E-state index contributed by atoms with van der Waals surface area (Å²) in [6, 6.07) is 8.73. The summed E-state index contributed by atoms with van der Waals surface area (Å²) in [6.07, 6.45) is 4.99. The van der Waals surface area contributed by atoms with E-state index in [1.165, 1.54) is 17.5 Å². The lowest BCUT2D eigenvalue weighted by Crippen LogP contribution is -2.32. The Kier molecular flexibility index (Phi) is 5.18. The lowest BCUT2D eigenvalue weighted by Gasteiger charge is -2.21. The van der Waals surface area contributed by atoms with Gasteiger partial charge in [0, 0.05) is 26.1 Å². The molecule has 0 spiro atoms. The normalized spacial score (nSPS) is 21.9. The Morgan fingerprint density at radius 3 is 2.45 bits per heavy atom. The largest absolute Gasteiger partial charge is 0.341 e. The van der Waals surface area contributed by atoms with Crippen LogP contribution in [-0.2, 0) is 17.8 Å². The Hall–Kier alpha value is -1.35. The van der Waals surface area contributed by atoms with Gasteiger partial charge in [0.1, 0.15) is 0 Å². The smallest absolute Gasteiger partial charge is 0.222 e. The number of aryl methyl sites for hydroxylation is 1. The molecule has 20 heavy (non-hydrogen) atoms. The van der Waals surface area contributed by atoms with Gasteiger partial charge in [0.2, 0.25) is 5.91 Å². The Balaban J connectivity index is 1.86. The zero-order chi connectivity index (χ0) is 14.5. The Labute approximate surface area is 122 Å². The predicted molar refractivity (Wildman–Crippen MR) is 82.2 cm³/mol. The van der Waals surface area contributed by atoms with Crippen LogP contribution >= 0.6 is 0 Å². The van der Waals surface area contributed by atoms with E-state index >= 15 is 0 Å². The first-order valence-corrected chi connectivity index (χ1v) is 7.67. The van der Waals surface area contributed by atoms with Gasteiger partial charge in [-0.25, -0.2) is 0 Å². The molecule has 0 aliphatic heterocycles. The van der Waals surface area contributed by atoms with E-state index in [9.17, 15) is 4.79 Å². The summed E-state index contributed by atoms with van der Waals surface area (Å²) in [7, 11) is 1.89. The van der Waals surface area contributed by atoms with E-state index in [0.29, 0.717) is 18.9 Å². The second-order valence-electron chi connectivity index (χ2n) is 5.98. The average molecular weight is 274 g/mol. The number of nitrogens with zero attached hydrogens (tertiary/aromatic N) is 1. The quantitative estimate of drug-likeness (QED) is 0.897. The van der Waals surface area contributed by atoms with Crippen LogP contribution in [0.3, 0.4) is 0 Å². The number of hydrogen-bond acceptors (Lipinski definition) is 2. The van der Waals surface area contributed by atoms with Crippen LogP contribution < -0.4 is 5.73 Å². The molecule has 0 unspecified atom stereocenters. The highest BCUT2D eigenvalue weighted by molar-refractivity contribution is 5.76. The first-order chi connectivity index (χ1) is 9.60. The van der Waals surface area contributed by atoms with E-state index in [4.69, 9.17) is 5.73 Å². The molecule has 2 rings (SSSR count). The number of nitrogens with two attached hydrogens (primary N) is 1. The van der Waals surface area contributed by atoms with Crippen LogP contribution in [0, 0.1) is 5.92 Å². The van der Waals surface area contributed by atoms with Gasteiger partial charge in [0.15, 0.2) is 0 Å². The van der Waals surface area contributed by atoms with Crippen LogP contribution in [0.5, 0.6) is 0 Å². The van der Waals surface area contributed by atoms with E-state index in [2.05, 4.69) is 31.2 Å². The van der Waals surface area contributed by atoms with Crippen molar-refractivity contribution in [2.45, 2.75) is 51.6 Å². The van der Waals surface area contributed by atoms with E-state index in [1.54, 1.807) is 0 Å². The summed E-state index contributed by atoms with van der Waals surface area (Å²) < 4.78 is 0. The molecule has 1 aromatic rings. The molecule has 3 nitrogen and oxygen atoms in total. The monoisotopic (exact) mass is 274 g/mol. The van der Waals surface area contributed by atoms with Crippen LogP contribution in [0.1, 0.15) is 43.7 Å². The van der Waals surface area contributed by atoms with Crippen LogP contribution in [0.25, 0.3) is 0 Å². The number of benzene rings is 1. The number of amides is 1. The second-order valence-corrected chi connectivity index (χ2v) is 5.98. The fourth-order valence-corrected chi connectivity index (χ4v) is 2.94. The van der Waals surface area contributed by atoms with Gasteiger partial charge in [0.05, 0.1) is 0 Å². The van der Waals surface area contributed by atoms with Crippen molar-refractivity contribution in [1.29, 1.82) is 0 Å². The van der Waals surface area contributed by atoms with Gasteiger partial charge in [0.25, 0.3) is 0 Å². The lowest BCUT2D eigenvalue weighted by molar-refractivity contribution is -0.131. The summed E-state index contributed by atoms with van der Waals surface area (Å²) in [6.45, 7) is 2.83. The van der Waals surface area contributed by atoms with E-state index in [1.807, 2.05) is 11.9 Å². The lowest BCUT2D eigenvalue weighted by atomic mass is 9.99. The van der Waals surface area contributed by atoms with E-state index < -0.39 is 0 Å². The topological polar surface area (TPSA) is 46.3 Å². The maximum atomic E-state index is 12.2. The second kappa shape index (κ2) is 6.89. The molecule has 1 fully saturated rings. The molecule has 3 heteroatoms. The van der Waals surface area contributed by atoms with Crippen molar-refractivity contribution >= 4 is 5.91 Å². The Bertz CT molecular complexity index is 441. The Morgan fingerprint density at radius 2 is 1.90 bits per heavy atom. The third-order valence-corrected chi connectivity index (χ3v) is 4.43. The predicted octanol–water partition coefficient (Wildman–Crippen LogP) is 2.72. The van der Waals surface area contributed by atoms with Crippen LogP contribution in [0.2, 0.25) is 0 Å². The Morgan fingerprint density at radius 1 is 1.25 bits per heavy atom. The van der Waals surface area contributed by atoms with Crippen molar-refractivity contribution in [2.24, 2.45) is 11.7 Å². The van der Waals surface area contributed by atoms with Gasteiger partial charge in [-0.2, -0.15) is 0 Å². The van der Waals surface area contributed by atoms with Crippen molar-refractivity contribution in [3.8, 4) is 0 Å². The molecule has 1 aliphatic rings. The molecule has 0 heterocycles. The fraction of sp³-hybridized carbons (Fsp3) is 0.588. The minimum atomic E-state index is 0.215. The fourth-order valence-electron chi connectivity index (χ4n) is 2.94. The maximum absolute atomic E-state index is 12.2. The molecule has 0 bridgehead atoms. The molecule has 2 atom stereocenters. The highest BCUT2D eigenvalue weighted by atomic mass is 16.2. The highest BCUT2D eigenvalue weighted by Crippen LogP contribution is 2.27. The molecule has 0 saturated heterocycles. The van der Waals surface area contributed by atoms with Gasteiger partial charge < -0.3 is 10.6 Å². The van der Waals surface area contributed by atoms with Crippen molar-refractivity contribution in [3.05, 3.63) is 35.4 Å². The number of carbonyl (C=O) groups excluding carboxylic acids is 1. The first kappa shape index (κ1) is 15.0. The summed E-state index contributed by atoms with van der Waals surface area (Å²) in [5.74, 6) is 0.597. The van der Waals surface area contributed by atoms with Gasteiger partial charge in [-0.15, -0.1) is 0 Å². The molecular weight excluding hydrogens is 248 g/mol. The van der Waals surface area contributed by atoms with Crippen LogP contribution in [0.15, 0.2) is 24.3 Å². The van der Waals surface area contributed by atoms with Crippen LogP contribution in [0.4, 0.5) is 0 Å². The minimum Gasteiger partial charge on any atom is -0.341 e. The van der Waals surface area contributed by atoms with Crippen molar-refractivity contribution in [1.82, 2.24) is 4.90 Å². The SMILES string of the molecule is CCc1ccc(CN(C)C(=O)C[C@@H]2CCC[C@H]2N)cc1. The molecule has 110 valence electrons. The minimum absolute atomic E-state index is 0.215. The van der Waals surface area contributed by atoms with Gasteiger partial charge >= 0.3 is 0 Å². The third-order valence-electron chi connectivity index (χ3n) is 4.43. The first-order valence-electron chi connectivity index (χ1n) is 7.67. The number of carbonyl (C=O) groups is 1. The summed E-state index contributed by atoms with van der Waals surface area (Å²) in [5.41, 5.74) is 8.56. The van der Waals surface area contributed by atoms with Gasteiger partial charge in [-0.05, 0) is 36.3 Å². The number of hydrogen-bond donors (Lipinski definition) is 1. The molecule has 1 saturated carbocycles. The van der Waals surface area contributed by atoms with Crippen molar-refractivity contribution in [2.75, 3.05) is 7.05 Å². The zero-order valence-corrected chi connectivity index (χ0v) is 12.6.